The van der Waals surface area contributed by atoms with Crippen LogP contribution in [0, 0.1) is 0 Å². The Hall–Kier alpha value is -2.92. The van der Waals surface area contributed by atoms with Gasteiger partial charge in [0.05, 0.1) is 19.5 Å². The molecule has 3 heterocycles. The predicted octanol–water partition coefficient (Wildman–Crippen LogP) is 4.44. The maximum absolute atomic E-state index is 12.9. The van der Waals surface area contributed by atoms with Gasteiger partial charge in [0.2, 0.25) is 0 Å². The highest BCUT2D eigenvalue weighted by Gasteiger charge is 2.16. The van der Waals surface area contributed by atoms with E-state index in [2.05, 4.69) is 22.0 Å². The van der Waals surface area contributed by atoms with Gasteiger partial charge in [-0.15, -0.1) is 0 Å². The Morgan fingerprint density at radius 1 is 1.11 bits per heavy atom. The molecule has 1 fully saturated rings. The van der Waals surface area contributed by atoms with Gasteiger partial charge in [0, 0.05) is 24.8 Å². The Labute approximate surface area is 165 Å². The molecule has 2 aromatic heterocycles. The van der Waals surface area contributed by atoms with Crippen LogP contribution in [0.25, 0.3) is 6.08 Å². The molecule has 5 nitrogen and oxygen atoms in total. The van der Waals surface area contributed by atoms with Crippen molar-refractivity contribution < 1.29 is 13.9 Å². The first-order valence-corrected chi connectivity index (χ1v) is 9.73. The first-order chi connectivity index (χ1) is 13.8. The molecule has 2 aromatic rings. The third-order valence-corrected chi connectivity index (χ3v) is 5.05. The SMILES string of the molecule is O=C(C1=CCC(/C=C/c2ccco2)=CCC1)c1ccc(N2CCOCC2)nc1. The van der Waals surface area contributed by atoms with Crippen molar-refractivity contribution in [1.29, 1.82) is 0 Å². The summed E-state index contributed by atoms with van der Waals surface area (Å²) in [6.07, 6.45) is 14.0. The molecule has 1 aliphatic carbocycles. The first-order valence-electron chi connectivity index (χ1n) is 9.73. The number of morpholine rings is 1. The molecule has 0 bridgehead atoms. The smallest absolute Gasteiger partial charge is 0.190 e. The molecule has 0 aromatic carbocycles. The molecule has 4 rings (SSSR count). The van der Waals surface area contributed by atoms with E-state index >= 15 is 0 Å². The largest absolute Gasteiger partial charge is 0.465 e. The molecule has 0 N–H and O–H groups in total. The first kappa shape index (κ1) is 18.4. The number of furan rings is 1. The van der Waals surface area contributed by atoms with Crippen molar-refractivity contribution in [3.63, 3.8) is 0 Å². The van der Waals surface area contributed by atoms with Crippen LogP contribution in [0.5, 0.6) is 0 Å². The van der Waals surface area contributed by atoms with Gasteiger partial charge in [-0.3, -0.25) is 4.79 Å². The minimum atomic E-state index is 0.0747. The summed E-state index contributed by atoms with van der Waals surface area (Å²) in [5.41, 5.74) is 2.70. The average Bonchev–Trinajstić information content (AvgIpc) is 3.17. The Bertz CT molecular complexity index is 886. The van der Waals surface area contributed by atoms with E-state index in [9.17, 15) is 4.79 Å². The predicted molar refractivity (Wildman–Crippen MR) is 109 cm³/mol. The second kappa shape index (κ2) is 8.85. The molecule has 144 valence electrons. The zero-order valence-electron chi connectivity index (χ0n) is 15.8. The number of Topliss-reactive ketones (excluding diaryl/α,β-unsaturated/α-hetero) is 1. The molecular weight excluding hydrogens is 352 g/mol. The van der Waals surface area contributed by atoms with Gasteiger partial charge in [0.15, 0.2) is 5.78 Å². The normalized spacial score (nSPS) is 17.9. The quantitative estimate of drug-likeness (QED) is 0.722. The molecule has 0 amide bonds. The summed E-state index contributed by atoms with van der Waals surface area (Å²) in [6.45, 7) is 3.12. The number of anilines is 1. The van der Waals surface area contributed by atoms with Crippen molar-refractivity contribution in [1.82, 2.24) is 4.98 Å². The molecule has 0 atom stereocenters. The van der Waals surface area contributed by atoms with E-state index in [0.29, 0.717) is 5.56 Å². The third-order valence-electron chi connectivity index (χ3n) is 5.05. The van der Waals surface area contributed by atoms with Gasteiger partial charge in [0.25, 0.3) is 0 Å². The molecule has 1 aliphatic heterocycles. The lowest BCUT2D eigenvalue weighted by molar-refractivity contribution is 0.103. The molecular formula is C23H24N2O3. The second-order valence-corrected chi connectivity index (χ2v) is 6.93. The highest BCUT2D eigenvalue weighted by molar-refractivity contribution is 6.08. The van der Waals surface area contributed by atoms with Gasteiger partial charge >= 0.3 is 0 Å². The number of nitrogens with zero attached hydrogens (tertiary/aromatic N) is 2. The topological polar surface area (TPSA) is 55.6 Å². The van der Waals surface area contributed by atoms with Crippen molar-refractivity contribution in [2.75, 3.05) is 31.2 Å². The van der Waals surface area contributed by atoms with Gasteiger partial charge < -0.3 is 14.1 Å². The second-order valence-electron chi connectivity index (χ2n) is 6.93. The summed E-state index contributed by atoms with van der Waals surface area (Å²) in [4.78, 5) is 19.6. The summed E-state index contributed by atoms with van der Waals surface area (Å²) in [5, 5.41) is 0. The number of hydrogen-bond acceptors (Lipinski definition) is 5. The third kappa shape index (κ3) is 4.49. The number of rotatable bonds is 5. The summed E-state index contributed by atoms with van der Waals surface area (Å²) >= 11 is 0. The zero-order chi connectivity index (χ0) is 19.2. The van der Waals surface area contributed by atoms with Crippen LogP contribution in [0.15, 0.2) is 70.5 Å². The maximum atomic E-state index is 12.9. The van der Waals surface area contributed by atoms with Crippen molar-refractivity contribution in [2.45, 2.75) is 19.3 Å². The highest BCUT2D eigenvalue weighted by Crippen LogP contribution is 2.23. The number of pyridine rings is 1. The number of ketones is 1. The van der Waals surface area contributed by atoms with Crippen LogP contribution in [0.1, 0.15) is 35.4 Å². The van der Waals surface area contributed by atoms with Crippen LogP contribution in [0.2, 0.25) is 0 Å². The Balaban J connectivity index is 1.40. The van der Waals surface area contributed by atoms with Crippen LogP contribution >= 0.6 is 0 Å². The number of aromatic nitrogens is 1. The molecule has 5 heteroatoms. The van der Waals surface area contributed by atoms with E-state index in [1.54, 1.807) is 12.5 Å². The zero-order valence-corrected chi connectivity index (χ0v) is 15.8. The van der Waals surface area contributed by atoms with Crippen molar-refractivity contribution >= 4 is 17.7 Å². The van der Waals surface area contributed by atoms with Crippen LogP contribution in [-0.2, 0) is 4.74 Å². The fraction of sp³-hybridized carbons (Fsp3) is 0.304. The van der Waals surface area contributed by atoms with E-state index in [1.807, 2.05) is 36.4 Å². The lowest BCUT2D eigenvalue weighted by Crippen LogP contribution is -2.36. The van der Waals surface area contributed by atoms with Gasteiger partial charge in [-0.2, -0.15) is 0 Å². The number of hydrogen-bond donors (Lipinski definition) is 0. The van der Waals surface area contributed by atoms with Gasteiger partial charge in [-0.1, -0.05) is 18.2 Å². The highest BCUT2D eigenvalue weighted by atomic mass is 16.5. The monoisotopic (exact) mass is 376 g/mol. The lowest BCUT2D eigenvalue weighted by atomic mass is 10.0. The van der Waals surface area contributed by atoms with Gasteiger partial charge in [0.1, 0.15) is 11.6 Å². The lowest BCUT2D eigenvalue weighted by Gasteiger charge is -2.27. The van der Waals surface area contributed by atoms with Crippen molar-refractivity contribution in [2.24, 2.45) is 0 Å². The number of carbonyl (C=O) groups is 1. The van der Waals surface area contributed by atoms with Crippen molar-refractivity contribution in [3.05, 3.63) is 77.4 Å². The summed E-state index contributed by atoms with van der Waals surface area (Å²) in [7, 11) is 0. The molecule has 0 unspecified atom stereocenters. The molecule has 0 radical (unpaired) electrons. The average molecular weight is 376 g/mol. The van der Waals surface area contributed by atoms with E-state index in [0.717, 1.165) is 62.7 Å². The maximum Gasteiger partial charge on any atom is 0.190 e. The Morgan fingerprint density at radius 3 is 2.75 bits per heavy atom. The van der Waals surface area contributed by atoms with Crippen LogP contribution in [0.3, 0.4) is 0 Å². The number of carbonyl (C=O) groups excluding carboxylic acids is 1. The molecule has 28 heavy (non-hydrogen) atoms. The van der Waals surface area contributed by atoms with Crippen LogP contribution < -0.4 is 4.90 Å². The van der Waals surface area contributed by atoms with E-state index < -0.39 is 0 Å². The Morgan fingerprint density at radius 2 is 2.00 bits per heavy atom. The minimum Gasteiger partial charge on any atom is -0.465 e. The summed E-state index contributed by atoms with van der Waals surface area (Å²) in [6, 6.07) is 7.62. The number of ether oxygens (including phenoxy) is 1. The minimum absolute atomic E-state index is 0.0747. The summed E-state index contributed by atoms with van der Waals surface area (Å²) < 4.78 is 10.7. The molecule has 0 saturated carbocycles. The van der Waals surface area contributed by atoms with E-state index in [-0.39, 0.29) is 5.78 Å². The van der Waals surface area contributed by atoms with Crippen molar-refractivity contribution in [3.8, 4) is 0 Å². The standard InChI is InChI=1S/C23H24N2O3/c26-23(20-9-11-22(24-17-20)25-12-15-27-16-13-25)19-4-1-3-18(6-8-19)7-10-21-5-2-14-28-21/h2-3,5,7-11,14,17H,1,4,6,12-13,15-16H2/b10-7+. The van der Waals surface area contributed by atoms with Crippen LogP contribution in [-0.4, -0.2) is 37.1 Å². The van der Waals surface area contributed by atoms with Crippen LogP contribution in [0.4, 0.5) is 5.82 Å². The molecule has 0 spiro atoms. The number of allylic oxidation sites excluding steroid dienone is 5. The summed E-state index contributed by atoms with van der Waals surface area (Å²) in [5.74, 6) is 1.81. The van der Waals surface area contributed by atoms with Gasteiger partial charge in [-0.05, 0) is 60.8 Å². The van der Waals surface area contributed by atoms with Gasteiger partial charge in [-0.25, -0.2) is 4.98 Å². The van der Waals surface area contributed by atoms with E-state index in [1.165, 1.54) is 5.57 Å². The fourth-order valence-electron chi connectivity index (χ4n) is 3.44. The molecule has 1 saturated heterocycles. The van der Waals surface area contributed by atoms with E-state index in [4.69, 9.17) is 9.15 Å². The fourth-order valence-corrected chi connectivity index (χ4v) is 3.44. The molecule has 2 aliphatic rings. The Kier molecular flexibility index (Phi) is 5.83.